The van der Waals surface area contributed by atoms with E-state index in [1.165, 1.54) is 0 Å². The van der Waals surface area contributed by atoms with Crippen LogP contribution in [0.1, 0.15) is 18.1 Å². The number of phosphoric acid groups is 1. The third kappa shape index (κ3) is 8.25. The van der Waals surface area contributed by atoms with Crippen molar-refractivity contribution >= 4 is 20.0 Å². The zero-order valence-corrected chi connectivity index (χ0v) is 21.8. The molecule has 2 aromatic carbocycles. The maximum atomic E-state index is 12.5. The van der Waals surface area contributed by atoms with Gasteiger partial charge in [0.25, 0.3) is 0 Å². The Bertz CT molecular complexity index is 1010. The molecule has 1 atom stereocenters. The van der Waals surface area contributed by atoms with E-state index in [1.807, 2.05) is 58.4 Å². The van der Waals surface area contributed by atoms with E-state index in [0.717, 1.165) is 11.1 Å². The number of hydrogen-bond donors (Lipinski definition) is 1. The second-order valence-corrected chi connectivity index (χ2v) is 9.72. The van der Waals surface area contributed by atoms with Crippen LogP contribution in [0.25, 0.3) is 12.2 Å². The largest absolute Gasteiger partial charge is 0.527 e. The molecule has 2 aromatic rings. The van der Waals surface area contributed by atoms with Crippen molar-refractivity contribution in [3.63, 3.8) is 0 Å². The van der Waals surface area contributed by atoms with Crippen molar-refractivity contribution in [1.82, 2.24) is 0 Å². The topological polar surface area (TPSA) is 92.7 Å². The number of rotatable bonds is 13. The van der Waals surface area contributed by atoms with E-state index in [1.54, 1.807) is 33.5 Å². The van der Waals surface area contributed by atoms with Crippen molar-refractivity contribution in [2.45, 2.75) is 6.92 Å². The van der Waals surface area contributed by atoms with E-state index in [9.17, 15) is 9.46 Å². The van der Waals surface area contributed by atoms with E-state index < -0.39 is 7.82 Å². The third-order valence-electron chi connectivity index (χ3n) is 4.65. The lowest BCUT2D eigenvalue weighted by Gasteiger charge is -2.24. The van der Waals surface area contributed by atoms with Gasteiger partial charge in [-0.25, -0.2) is 4.57 Å². The Labute approximate surface area is 201 Å². The maximum Gasteiger partial charge on any atom is 0.527 e. The Morgan fingerprint density at radius 1 is 0.882 bits per heavy atom. The van der Waals surface area contributed by atoms with E-state index in [2.05, 4.69) is 0 Å². The fourth-order valence-electron chi connectivity index (χ4n) is 2.95. The molecular formula is C24H35NO8P+. The molecule has 0 aliphatic heterocycles. The Balaban J connectivity index is 2.29. The van der Waals surface area contributed by atoms with E-state index >= 15 is 0 Å². The van der Waals surface area contributed by atoms with Crippen molar-refractivity contribution in [1.29, 1.82) is 0 Å². The fraction of sp³-hybridized carbons (Fsp3) is 0.417. The van der Waals surface area contributed by atoms with Crippen LogP contribution in [-0.4, -0.2) is 71.6 Å². The zero-order chi connectivity index (χ0) is 25.4. The summed E-state index contributed by atoms with van der Waals surface area (Å²) in [5.74, 6) is 2.03. The number of hydrogen-bond acceptors (Lipinski definition) is 7. The number of benzene rings is 2. The predicted octanol–water partition coefficient (Wildman–Crippen LogP) is 4.48. The minimum atomic E-state index is -4.34. The highest BCUT2D eigenvalue weighted by molar-refractivity contribution is 7.47. The van der Waals surface area contributed by atoms with E-state index in [0.29, 0.717) is 40.6 Å². The number of likely N-dealkylation sites (N-methyl/N-ethyl adjacent to an activating group) is 1. The lowest BCUT2D eigenvalue weighted by Crippen LogP contribution is -2.37. The molecule has 10 heteroatoms. The number of ether oxygens (including phenoxy) is 4. The summed E-state index contributed by atoms with van der Waals surface area (Å²) in [7, 11) is 6.20. The second-order valence-electron chi connectivity index (χ2n) is 8.34. The first-order chi connectivity index (χ1) is 16.0. The quantitative estimate of drug-likeness (QED) is 0.247. The lowest BCUT2D eigenvalue weighted by molar-refractivity contribution is -0.870. The summed E-state index contributed by atoms with van der Waals surface area (Å²) in [5.41, 5.74) is 1.53. The molecule has 2 rings (SSSR count). The lowest BCUT2D eigenvalue weighted by atomic mass is 10.1. The van der Waals surface area contributed by atoms with Gasteiger partial charge in [-0.05, 0) is 42.3 Å². The Kier molecular flexibility index (Phi) is 9.82. The molecule has 0 saturated heterocycles. The van der Waals surface area contributed by atoms with Crippen LogP contribution in [0.4, 0.5) is 0 Å². The molecule has 1 N–H and O–H groups in total. The van der Waals surface area contributed by atoms with Crippen LogP contribution in [0.3, 0.4) is 0 Å². The van der Waals surface area contributed by atoms with Gasteiger partial charge in [-0.15, -0.1) is 0 Å². The summed E-state index contributed by atoms with van der Waals surface area (Å²) >= 11 is 0. The van der Waals surface area contributed by atoms with Crippen molar-refractivity contribution < 1.29 is 41.9 Å². The first kappa shape index (κ1) is 27.5. The number of quaternary nitrogens is 1. The summed E-state index contributed by atoms with van der Waals surface area (Å²) in [5, 5.41) is 0. The van der Waals surface area contributed by atoms with Gasteiger partial charge in [0.15, 0.2) is 23.0 Å². The van der Waals surface area contributed by atoms with E-state index in [4.69, 9.17) is 28.0 Å². The SMILES string of the molecule is CCOc1ccc(/C=C\c2cc(OC)c(OC)c(OC)c2)cc1OP(=O)(O)OCC[N+](C)(C)C. The van der Waals surface area contributed by atoms with Crippen molar-refractivity contribution in [2.75, 3.05) is 62.2 Å². The molecule has 0 fully saturated rings. The maximum absolute atomic E-state index is 12.5. The molecule has 9 nitrogen and oxygen atoms in total. The van der Waals surface area contributed by atoms with Crippen molar-refractivity contribution in [3.05, 3.63) is 41.5 Å². The summed E-state index contributed by atoms with van der Waals surface area (Å²) < 4.78 is 45.3. The molecule has 0 bridgehead atoms. The minimum absolute atomic E-state index is 0.0714. The summed E-state index contributed by atoms with van der Waals surface area (Å²) in [4.78, 5) is 10.2. The molecule has 188 valence electrons. The molecule has 0 amide bonds. The standard InChI is InChI=1S/C24H34NO8P/c1-8-31-20-12-11-18(15-21(20)33-34(26,27)32-14-13-25(2,3)4)9-10-19-16-22(28-5)24(30-7)23(17-19)29-6/h9-12,15-17H,8,13-14H2,1-7H3/p+1/b10-9-. The van der Waals surface area contributed by atoms with Gasteiger partial charge >= 0.3 is 7.82 Å². The van der Waals surface area contributed by atoms with Crippen LogP contribution < -0.4 is 23.5 Å². The number of methoxy groups -OCH3 is 3. The molecule has 0 aromatic heterocycles. The van der Waals surface area contributed by atoms with Crippen molar-refractivity contribution in [2.24, 2.45) is 0 Å². The van der Waals surface area contributed by atoms with Gasteiger partial charge in [0.1, 0.15) is 13.2 Å². The van der Waals surface area contributed by atoms with Gasteiger partial charge < -0.3 is 28.0 Å². The van der Waals surface area contributed by atoms with Gasteiger partial charge in [0.2, 0.25) is 5.75 Å². The van der Waals surface area contributed by atoms with Crippen LogP contribution in [0.15, 0.2) is 30.3 Å². The molecule has 0 aliphatic rings. The van der Waals surface area contributed by atoms with Crippen LogP contribution in [-0.2, 0) is 9.09 Å². The first-order valence-electron chi connectivity index (χ1n) is 10.7. The Hall–Kier alpha value is -2.71. The van der Waals surface area contributed by atoms with E-state index in [-0.39, 0.29) is 12.4 Å². The molecular weight excluding hydrogens is 461 g/mol. The van der Waals surface area contributed by atoms with Gasteiger partial charge in [-0.3, -0.25) is 9.42 Å². The highest BCUT2D eigenvalue weighted by Crippen LogP contribution is 2.47. The highest BCUT2D eigenvalue weighted by atomic mass is 31.2. The van der Waals surface area contributed by atoms with Gasteiger partial charge in [0, 0.05) is 0 Å². The second kappa shape index (κ2) is 12.1. The molecule has 34 heavy (non-hydrogen) atoms. The summed E-state index contributed by atoms with van der Waals surface area (Å²) in [6.07, 6.45) is 3.67. The Morgan fingerprint density at radius 2 is 1.47 bits per heavy atom. The average molecular weight is 497 g/mol. The van der Waals surface area contributed by atoms with Gasteiger partial charge in [-0.2, -0.15) is 0 Å². The highest BCUT2D eigenvalue weighted by Gasteiger charge is 2.26. The molecule has 0 heterocycles. The van der Waals surface area contributed by atoms with Crippen LogP contribution in [0.5, 0.6) is 28.7 Å². The summed E-state index contributed by atoms with van der Waals surface area (Å²) in [6.45, 7) is 2.80. The summed E-state index contributed by atoms with van der Waals surface area (Å²) in [6, 6.07) is 8.73. The molecule has 0 spiro atoms. The smallest absolute Gasteiger partial charge is 0.493 e. The molecule has 0 saturated carbocycles. The predicted molar refractivity (Wildman–Crippen MR) is 132 cm³/mol. The Morgan fingerprint density at radius 3 is 2.00 bits per heavy atom. The third-order valence-corrected chi connectivity index (χ3v) is 5.59. The van der Waals surface area contributed by atoms with Crippen LogP contribution in [0.2, 0.25) is 0 Å². The first-order valence-corrected chi connectivity index (χ1v) is 12.2. The normalized spacial score (nSPS) is 13.4. The number of nitrogens with zero attached hydrogens (tertiary/aromatic N) is 1. The monoisotopic (exact) mass is 496 g/mol. The number of phosphoric ester groups is 1. The van der Waals surface area contributed by atoms with Crippen LogP contribution in [0, 0.1) is 0 Å². The zero-order valence-electron chi connectivity index (χ0n) is 20.9. The average Bonchev–Trinajstić information content (AvgIpc) is 2.77. The van der Waals surface area contributed by atoms with Gasteiger partial charge in [-0.1, -0.05) is 18.2 Å². The fourth-order valence-corrected chi connectivity index (χ4v) is 3.70. The van der Waals surface area contributed by atoms with Crippen molar-refractivity contribution in [3.8, 4) is 28.7 Å². The van der Waals surface area contributed by atoms with Crippen LogP contribution >= 0.6 is 7.82 Å². The molecule has 1 unspecified atom stereocenters. The molecule has 0 aliphatic carbocycles. The molecule has 0 radical (unpaired) electrons. The van der Waals surface area contributed by atoms with Gasteiger partial charge in [0.05, 0.1) is 49.1 Å². The minimum Gasteiger partial charge on any atom is -0.493 e.